The molecular formula is C14H25N3S. The van der Waals surface area contributed by atoms with Gasteiger partial charge in [-0.05, 0) is 46.7 Å². The lowest BCUT2D eigenvalue weighted by atomic mass is 10.1. The number of hydrogen-bond donors (Lipinski definition) is 1. The number of piperidine rings is 1. The Bertz CT molecular complexity index is 358. The van der Waals surface area contributed by atoms with Crippen molar-refractivity contribution in [1.29, 1.82) is 0 Å². The van der Waals surface area contributed by atoms with Crippen molar-refractivity contribution < 1.29 is 0 Å². The Morgan fingerprint density at radius 3 is 2.67 bits per heavy atom. The van der Waals surface area contributed by atoms with E-state index in [0.29, 0.717) is 12.1 Å². The van der Waals surface area contributed by atoms with Crippen LogP contribution in [-0.4, -0.2) is 35.6 Å². The average molecular weight is 267 g/mol. The van der Waals surface area contributed by atoms with Crippen LogP contribution in [0.1, 0.15) is 49.7 Å². The molecule has 2 rings (SSSR count). The Labute approximate surface area is 115 Å². The molecule has 1 fully saturated rings. The SMILES string of the molecule is Cc1ncsc1C(C)NC(C)CN1CCCCC1. The van der Waals surface area contributed by atoms with Crippen molar-refractivity contribution in [3.8, 4) is 0 Å². The van der Waals surface area contributed by atoms with Gasteiger partial charge in [0.25, 0.3) is 0 Å². The van der Waals surface area contributed by atoms with E-state index in [0.717, 1.165) is 0 Å². The summed E-state index contributed by atoms with van der Waals surface area (Å²) in [6.45, 7) is 10.4. The number of thiazole rings is 1. The Balaban J connectivity index is 1.79. The van der Waals surface area contributed by atoms with E-state index in [4.69, 9.17) is 0 Å². The van der Waals surface area contributed by atoms with Crippen molar-refractivity contribution in [3.05, 3.63) is 16.1 Å². The molecule has 1 aliphatic heterocycles. The van der Waals surface area contributed by atoms with Crippen molar-refractivity contribution in [2.75, 3.05) is 19.6 Å². The summed E-state index contributed by atoms with van der Waals surface area (Å²) in [5.41, 5.74) is 3.11. The summed E-state index contributed by atoms with van der Waals surface area (Å²) in [7, 11) is 0. The largest absolute Gasteiger partial charge is 0.306 e. The first-order chi connectivity index (χ1) is 8.66. The molecule has 2 heterocycles. The lowest BCUT2D eigenvalue weighted by molar-refractivity contribution is 0.205. The Morgan fingerprint density at radius 1 is 1.33 bits per heavy atom. The number of aryl methyl sites for hydroxylation is 1. The molecule has 1 aromatic rings. The predicted molar refractivity (Wildman–Crippen MR) is 78.2 cm³/mol. The first kappa shape index (κ1) is 14.0. The van der Waals surface area contributed by atoms with Crippen LogP contribution in [-0.2, 0) is 0 Å². The summed E-state index contributed by atoms with van der Waals surface area (Å²) >= 11 is 1.76. The van der Waals surface area contributed by atoms with Gasteiger partial charge in [-0.3, -0.25) is 0 Å². The molecule has 1 N–H and O–H groups in total. The minimum Gasteiger partial charge on any atom is -0.306 e. The number of rotatable bonds is 5. The van der Waals surface area contributed by atoms with Gasteiger partial charge in [0.2, 0.25) is 0 Å². The number of hydrogen-bond acceptors (Lipinski definition) is 4. The molecule has 102 valence electrons. The van der Waals surface area contributed by atoms with Crippen molar-refractivity contribution in [3.63, 3.8) is 0 Å². The van der Waals surface area contributed by atoms with Gasteiger partial charge in [0.15, 0.2) is 0 Å². The topological polar surface area (TPSA) is 28.2 Å². The summed E-state index contributed by atoms with van der Waals surface area (Å²) in [4.78, 5) is 8.29. The highest BCUT2D eigenvalue weighted by molar-refractivity contribution is 7.09. The van der Waals surface area contributed by atoms with Gasteiger partial charge in [-0.1, -0.05) is 6.42 Å². The first-order valence-electron chi connectivity index (χ1n) is 7.05. The first-order valence-corrected chi connectivity index (χ1v) is 7.93. The highest BCUT2D eigenvalue weighted by Gasteiger charge is 2.17. The molecule has 18 heavy (non-hydrogen) atoms. The molecule has 0 saturated carbocycles. The zero-order valence-electron chi connectivity index (χ0n) is 11.8. The Morgan fingerprint density at radius 2 is 2.06 bits per heavy atom. The summed E-state index contributed by atoms with van der Waals surface area (Å²) in [5.74, 6) is 0. The number of nitrogens with zero attached hydrogens (tertiary/aromatic N) is 2. The molecule has 0 aliphatic carbocycles. The molecule has 0 amide bonds. The Kier molecular flexibility index (Phi) is 5.15. The van der Waals surface area contributed by atoms with Crippen molar-refractivity contribution in [2.24, 2.45) is 0 Å². The fraction of sp³-hybridized carbons (Fsp3) is 0.786. The van der Waals surface area contributed by atoms with Crippen LogP contribution in [0.15, 0.2) is 5.51 Å². The third kappa shape index (κ3) is 3.77. The van der Waals surface area contributed by atoms with Crippen LogP contribution in [0.25, 0.3) is 0 Å². The average Bonchev–Trinajstić information content (AvgIpc) is 2.76. The van der Waals surface area contributed by atoms with E-state index in [2.05, 4.69) is 36.0 Å². The van der Waals surface area contributed by atoms with Crippen LogP contribution in [0.3, 0.4) is 0 Å². The second-order valence-electron chi connectivity index (χ2n) is 5.45. The summed E-state index contributed by atoms with van der Waals surface area (Å²) < 4.78 is 0. The third-order valence-corrected chi connectivity index (χ3v) is 4.80. The van der Waals surface area contributed by atoms with Gasteiger partial charge < -0.3 is 10.2 Å². The van der Waals surface area contributed by atoms with Gasteiger partial charge in [0.05, 0.1) is 11.2 Å². The molecule has 1 saturated heterocycles. The van der Waals surface area contributed by atoms with Crippen LogP contribution in [0, 0.1) is 6.92 Å². The predicted octanol–water partition coefficient (Wildman–Crippen LogP) is 2.98. The maximum atomic E-state index is 4.33. The standard InChI is InChI=1S/C14H25N3S/c1-11(9-17-7-5-4-6-8-17)16-13(3)14-12(2)15-10-18-14/h10-11,13,16H,4-9H2,1-3H3. The van der Waals surface area contributed by atoms with Crippen LogP contribution in [0.5, 0.6) is 0 Å². The number of nitrogens with one attached hydrogen (secondary N) is 1. The van der Waals surface area contributed by atoms with E-state index < -0.39 is 0 Å². The number of likely N-dealkylation sites (tertiary alicyclic amines) is 1. The molecule has 1 aliphatic rings. The minimum atomic E-state index is 0.414. The molecule has 2 atom stereocenters. The molecule has 0 bridgehead atoms. The summed E-state index contributed by atoms with van der Waals surface area (Å²) in [6.07, 6.45) is 4.15. The second kappa shape index (κ2) is 6.64. The molecule has 3 nitrogen and oxygen atoms in total. The van der Waals surface area contributed by atoms with Gasteiger partial charge in [0.1, 0.15) is 0 Å². The lowest BCUT2D eigenvalue weighted by Gasteiger charge is -2.30. The summed E-state index contributed by atoms with van der Waals surface area (Å²) in [5, 5.41) is 3.70. The van der Waals surface area contributed by atoms with Gasteiger partial charge in [-0.15, -0.1) is 11.3 Å². The van der Waals surface area contributed by atoms with Crippen LogP contribution in [0.2, 0.25) is 0 Å². The molecule has 0 spiro atoms. The normalized spacial score (nSPS) is 20.8. The van der Waals surface area contributed by atoms with Gasteiger partial charge >= 0.3 is 0 Å². The molecule has 0 aromatic carbocycles. The smallest absolute Gasteiger partial charge is 0.0798 e. The molecule has 2 unspecified atom stereocenters. The van der Waals surface area contributed by atoms with E-state index in [-0.39, 0.29) is 0 Å². The van der Waals surface area contributed by atoms with Crippen LogP contribution in [0.4, 0.5) is 0 Å². The van der Waals surface area contributed by atoms with Gasteiger partial charge in [-0.2, -0.15) is 0 Å². The highest BCUT2D eigenvalue weighted by atomic mass is 32.1. The zero-order valence-corrected chi connectivity index (χ0v) is 12.6. The van der Waals surface area contributed by atoms with E-state index in [1.165, 1.54) is 49.5 Å². The molecule has 0 radical (unpaired) electrons. The highest BCUT2D eigenvalue weighted by Crippen LogP contribution is 2.21. The molecular weight excluding hydrogens is 242 g/mol. The maximum absolute atomic E-state index is 4.33. The quantitative estimate of drug-likeness (QED) is 0.889. The molecule has 4 heteroatoms. The maximum Gasteiger partial charge on any atom is 0.0798 e. The fourth-order valence-electron chi connectivity index (χ4n) is 2.81. The third-order valence-electron chi connectivity index (χ3n) is 3.69. The summed E-state index contributed by atoms with van der Waals surface area (Å²) in [6, 6.07) is 0.955. The number of aromatic nitrogens is 1. The van der Waals surface area contributed by atoms with E-state index in [1.54, 1.807) is 11.3 Å². The van der Waals surface area contributed by atoms with Gasteiger partial charge in [0, 0.05) is 23.5 Å². The van der Waals surface area contributed by atoms with E-state index in [1.807, 2.05) is 5.51 Å². The Hall–Kier alpha value is -0.450. The van der Waals surface area contributed by atoms with Crippen LogP contribution < -0.4 is 5.32 Å². The monoisotopic (exact) mass is 267 g/mol. The van der Waals surface area contributed by atoms with E-state index in [9.17, 15) is 0 Å². The van der Waals surface area contributed by atoms with Gasteiger partial charge in [-0.25, -0.2) is 4.98 Å². The molecule has 1 aromatic heterocycles. The van der Waals surface area contributed by atoms with Crippen LogP contribution >= 0.6 is 11.3 Å². The minimum absolute atomic E-state index is 0.414. The fourth-order valence-corrected chi connectivity index (χ4v) is 3.63. The zero-order chi connectivity index (χ0) is 13.0. The van der Waals surface area contributed by atoms with Crippen molar-refractivity contribution in [2.45, 2.75) is 52.1 Å². The lowest BCUT2D eigenvalue weighted by Crippen LogP contribution is -2.42. The van der Waals surface area contributed by atoms with Crippen molar-refractivity contribution >= 4 is 11.3 Å². The van der Waals surface area contributed by atoms with E-state index >= 15 is 0 Å². The van der Waals surface area contributed by atoms with Crippen molar-refractivity contribution in [1.82, 2.24) is 15.2 Å². The second-order valence-corrected chi connectivity index (χ2v) is 6.34.